The van der Waals surface area contributed by atoms with Crippen LogP contribution < -0.4 is 0 Å². The zero-order valence-electron chi connectivity index (χ0n) is 10.7. The Morgan fingerprint density at radius 3 is 2.55 bits per heavy atom. The van der Waals surface area contributed by atoms with Gasteiger partial charge in [0.15, 0.2) is 0 Å². The molecule has 4 rings (SSSR count). The summed E-state index contributed by atoms with van der Waals surface area (Å²) >= 11 is 6.05. The lowest BCUT2D eigenvalue weighted by molar-refractivity contribution is 1.47. The van der Waals surface area contributed by atoms with Gasteiger partial charge in [0.2, 0.25) is 0 Å². The molecule has 0 aliphatic heterocycles. The molecule has 0 saturated carbocycles. The molecule has 1 N–H and O–H groups in total. The lowest BCUT2D eigenvalue weighted by Gasteiger charge is -2.04. The summed E-state index contributed by atoms with van der Waals surface area (Å²) < 4.78 is 0. The Balaban J connectivity index is 2.01. The molecule has 96 valence electrons. The van der Waals surface area contributed by atoms with E-state index in [9.17, 15) is 0 Å². The quantitative estimate of drug-likeness (QED) is 0.463. The molecule has 1 aromatic heterocycles. The van der Waals surface area contributed by atoms with Crippen molar-refractivity contribution in [3.05, 3.63) is 71.8 Å². The Hall–Kier alpha value is -2.25. The van der Waals surface area contributed by atoms with Crippen LogP contribution in [0.1, 0.15) is 0 Å². The maximum Gasteiger partial charge on any atom is 0.0473 e. The van der Waals surface area contributed by atoms with Gasteiger partial charge in [0.05, 0.1) is 0 Å². The highest BCUT2D eigenvalue weighted by atomic mass is 35.5. The van der Waals surface area contributed by atoms with Crippen molar-refractivity contribution in [3.8, 4) is 11.3 Å². The Bertz CT molecular complexity index is 916. The molecule has 0 atom stereocenters. The van der Waals surface area contributed by atoms with Gasteiger partial charge in [-0.05, 0) is 29.0 Å². The van der Waals surface area contributed by atoms with Crippen molar-refractivity contribution in [1.29, 1.82) is 0 Å². The minimum absolute atomic E-state index is 0.754. The van der Waals surface area contributed by atoms with E-state index in [2.05, 4.69) is 53.5 Å². The van der Waals surface area contributed by atoms with E-state index in [-0.39, 0.29) is 0 Å². The van der Waals surface area contributed by atoms with Crippen molar-refractivity contribution in [1.82, 2.24) is 4.98 Å². The first-order valence-corrected chi connectivity index (χ1v) is 6.95. The second kappa shape index (κ2) is 4.39. The number of benzene rings is 3. The van der Waals surface area contributed by atoms with E-state index >= 15 is 0 Å². The number of hydrogen-bond donors (Lipinski definition) is 1. The number of hydrogen-bond acceptors (Lipinski definition) is 0. The maximum atomic E-state index is 6.05. The van der Waals surface area contributed by atoms with Crippen molar-refractivity contribution < 1.29 is 0 Å². The fourth-order valence-corrected chi connectivity index (χ4v) is 2.88. The van der Waals surface area contributed by atoms with Crippen LogP contribution in [0, 0.1) is 0 Å². The first-order valence-electron chi connectivity index (χ1n) is 6.58. The van der Waals surface area contributed by atoms with Gasteiger partial charge in [0.25, 0.3) is 0 Å². The van der Waals surface area contributed by atoms with Gasteiger partial charge in [-0.1, -0.05) is 60.1 Å². The molecule has 3 aromatic carbocycles. The molecule has 2 heteroatoms. The standard InChI is InChI=1S/C18H12ClN/c19-14-9-8-13-10-18(20-17(13)11-14)16-7-3-5-12-4-1-2-6-15(12)16/h1-11,20H. The third-order valence-electron chi connectivity index (χ3n) is 3.66. The number of H-pyrrole nitrogens is 1. The average molecular weight is 278 g/mol. The number of halogens is 1. The van der Waals surface area contributed by atoms with Crippen LogP contribution in [0.2, 0.25) is 5.02 Å². The van der Waals surface area contributed by atoms with Crippen LogP contribution in [-0.2, 0) is 0 Å². The summed E-state index contributed by atoms with van der Waals surface area (Å²) in [5, 5.41) is 4.44. The van der Waals surface area contributed by atoms with Crippen molar-refractivity contribution in [2.75, 3.05) is 0 Å². The van der Waals surface area contributed by atoms with Gasteiger partial charge in [0.1, 0.15) is 0 Å². The Labute approximate surface area is 121 Å². The summed E-state index contributed by atoms with van der Waals surface area (Å²) in [7, 11) is 0. The van der Waals surface area contributed by atoms with Crippen molar-refractivity contribution >= 4 is 33.3 Å². The molecule has 0 saturated heterocycles. The van der Waals surface area contributed by atoms with Crippen LogP contribution in [-0.4, -0.2) is 4.98 Å². The summed E-state index contributed by atoms with van der Waals surface area (Å²) in [6.07, 6.45) is 0. The van der Waals surface area contributed by atoms with Crippen molar-refractivity contribution in [2.45, 2.75) is 0 Å². The lowest BCUT2D eigenvalue weighted by atomic mass is 10.0. The second-order valence-electron chi connectivity index (χ2n) is 4.94. The monoisotopic (exact) mass is 277 g/mol. The summed E-state index contributed by atoms with van der Waals surface area (Å²) in [6.45, 7) is 0. The van der Waals surface area contributed by atoms with Crippen LogP contribution >= 0.6 is 11.6 Å². The predicted molar refractivity (Wildman–Crippen MR) is 86.3 cm³/mol. The molecule has 4 aromatic rings. The molecule has 0 spiro atoms. The number of nitrogens with one attached hydrogen (secondary N) is 1. The molecular formula is C18H12ClN. The summed E-state index contributed by atoms with van der Waals surface area (Å²) in [5.74, 6) is 0. The first kappa shape index (κ1) is 11.6. The van der Waals surface area contributed by atoms with Gasteiger partial charge in [-0.25, -0.2) is 0 Å². The van der Waals surface area contributed by atoms with E-state index in [4.69, 9.17) is 11.6 Å². The van der Waals surface area contributed by atoms with Crippen LogP contribution in [0.3, 0.4) is 0 Å². The molecule has 0 unspecified atom stereocenters. The number of fused-ring (bicyclic) bond motifs is 2. The van der Waals surface area contributed by atoms with Gasteiger partial charge < -0.3 is 4.98 Å². The molecule has 0 radical (unpaired) electrons. The van der Waals surface area contributed by atoms with E-state index in [0.717, 1.165) is 16.2 Å². The maximum absolute atomic E-state index is 6.05. The first-order chi connectivity index (χ1) is 9.81. The van der Waals surface area contributed by atoms with Crippen molar-refractivity contribution in [3.63, 3.8) is 0 Å². The van der Waals surface area contributed by atoms with Gasteiger partial charge >= 0.3 is 0 Å². The third kappa shape index (κ3) is 1.79. The minimum atomic E-state index is 0.754. The summed E-state index contributed by atoms with van der Waals surface area (Å²) in [4.78, 5) is 3.46. The second-order valence-corrected chi connectivity index (χ2v) is 5.38. The summed E-state index contributed by atoms with van der Waals surface area (Å²) in [6, 6.07) is 22.9. The summed E-state index contributed by atoms with van der Waals surface area (Å²) in [5.41, 5.74) is 3.41. The highest BCUT2D eigenvalue weighted by Crippen LogP contribution is 2.31. The Morgan fingerprint density at radius 1 is 0.750 bits per heavy atom. The SMILES string of the molecule is Clc1ccc2cc(-c3cccc4ccccc34)[nH]c2c1. The van der Waals surface area contributed by atoms with Gasteiger partial charge in [-0.15, -0.1) is 0 Å². The molecule has 1 heterocycles. The lowest BCUT2D eigenvalue weighted by Crippen LogP contribution is -1.80. The molecule has 0 amide bonds. The zero-order chi connectivity index (χ0) is 13.5. The third-order valence-corrected chi connectivity index (χ3v) is 3.90. The molecule has 0 aliphatic rings. The van der Waals surface area contributed by atoms with Gasteiger partial charge in [0, 0.05) is 27.2 Å². The van der Waals surface area contributed by atoms with E-state index < -0.39 is 0 Å². The molecule has 0 bridgehead atoms. The molecule has 1 nitrogen and oxygen atoms in total. The smallest absolute Gasteiger partial charge is 0.0473 e. The predicted octanol–water partition coefficient (Wildman–Crippen LogP) is 5.64. The number of rotatable bonds is 1. The number of aromatic nitrogens is 1. The largest absolute Gasteiger partial charge is 0.354 e. The molecular weight excluding hydrogens is 266 g/mol. The molecule has 0 aliphatic carbocycles. The van der Waals surface area contributed by atoms with Crippen LogP contribution in [0.4, 0.5) is 0 Å². The minimum Gasteiger partial charge on any atom is -0.354 e. The van der Waals surface area contributed by atoms with E-state index in [1.165, 1.54) is 21.7 Å². The molecule has 20 heavy (non-hydrogen) atoms. The normalized spacial score (nSPS) is 11.2. The Kier molecular flexibility index (Phi) is 2.54. The van der Waals surface area contributed by atoms with Gasteiger partial charge in [-0.2, -0.15) is 0 Å². The topological polar surface area (TPSA) is 15.8 Å². The van der Waals surface area contributed by atoms with Crippen LogP contribution in [0.15, 0.2) is 66.7 Å². The average Bonchev–Trinajstić information content (AvgIpc) is 2.89. The fraction of sp³-hybridized carbons (Fsp3) is 0. The van der Waals surface area contributed by atoms with Crippen molar-refractivity contribution in [2.24, 2.45) is 0 Å². The van der Waals surface area contributed by atoms with Crippen LogP contribution in [0.5, 0.6) is 0 Å². The van der Waals surface area contributed by atoms with E-state index in [1.807, 2.05) is 18.2 Å². The highest BCUT2D eigenvalue weighted by Gasteiger charge is 2.07. The Morgan fingerprint density at radius 2 is 1.60 bits per heavy atom. The van der Waals surface area contributed by atoms with Gasteiger partial charge in [-0.3, -0.25) is 0 Å². The fourth-order valence-electron chi connectivity index (χ4n) is 2.70. The zero-order valence-corrected chi connectivity index (χ0v) is 11.5. The molecule has 0 fully saturated rings. The number of aromatic amines is 1. The highest BCUT2D eigenvalue weighted by molar-refractivity contribution is 6.31. The van der Waals surface area contributed by atoms with Crippen LogP contribution in [0.25, 0.3) is 32.9 Å². The van der Waals surface area contributed by atoms with E-state index in [0.29, 0.717) is 0 Å². The van der Waals surface area contributed by atoms with E-state index in [1.54, 1.807) is 0 Å².